The third-order valence-corrected chi connectivity index (χ3v) is 6.17. The van der Waals surface area contributed by atoms with Crippen LogP contribution in [0.1, 0.15) is 45.0 Å². The van der Waals surface area contributed by atoms with Crippen molar-refractivity contribution in [2.75, 3.05) is 11.9 Å². The highest BCUT2D eigenvalue weighted by Crippen LogP contribution is 2.28. The lowest BCUT2D eigenvalue weighted by Crippen LogP contribution is -2.26. The Hall–Kier alpha value is -3.85. The number of aryl methyl sites for hydroxylation is 1. The van der Waals surface area contributed by atoms with Gasteiger partial charge in [-0.3, -0.25) is 4.79 Å². The Labute approximate surface area is 196 Å². The minimum Gasteiger partial charge on any atom is -0.355 e. The van der Waals surface area contributed by atoms with E-state index in [1.165, 1.54) is 22.3 Å². The minimum absolute atomic E-state index is 0.0664. The van der Waals surface area contributed by atoms with E-state index in [1.807, 2.05) is 48.5 Å². The molecule has 0 unspecified atom stereocenters. The molecule has 33 heavy (non-hydrogen) atoms. The molecule has 0 aromatic heterocycles. The Kier molecular flexibility index (Phi) is 7.21. The van der Waals surface area contributed by atoms with Gasteiger partial charge < -0.3 is 10.6 Å². The van der Waals surface area contributed by atoms with E-state index in [2.05, 4.69) is 79.1 Å². The van der Waals surface area contributed by atoms with Gasteiger partial charge in [-0.1, -0.05) is 84.9 Å². The summed E-state index contributed by atoms with van der Waals surface area (Å²) in [5.41, 5.74) is 7.39. The molecule has 166 valence electrons. The first-order valence-corrected chi connectivity index (χ1v) is 11.4. The molecule has 0 radical (unpaired) electrons. The fourth-order valence-corrected chi connectivity index (χ4v) is 4.14. The lowest BCUT2D eigenvalue weighted by atomic mass is 9.88. The summed E-state index contributed by atoms with van der Waals surface area (Å²) in [5.74, 6) is 0.166. The molecule has 0 fully saturated rings. The Bertz CT molecular complexity index is 1160. The zero-order valence-corrected chi connectivity index (χ0v) is 19.2. The average Bonchev–Trinajstić information content (AvgIpc) is 2.86. The molecule has 3 heteroatoms. The van der Waals surface area contributed by atoms with Gasteiger partial charge in [-0.15, -0.1) is 0 Å². The second-order valence-electron chi connectivity index (χ2n) is 8.34. The maximum Gasteiger partial charge on any atom is 0.253 e. The maximum absolute atomic E-state index is 13.1. The number of hydrogen-bond acceptors (Lipinski definition) is 2. The molecule has 3 nitrogen and oxygen atoms in total. The van der Waals surface area contributed by atoms with E-state index >= 15 is 0 Å². The van der Waals surface area contributed by atoms with E-state index in [0.29, 0.717) is 12.1 Å². The molecule has 0 heterocycles. The number of benzene rings is 4. The topological polar surface area (TPSA) is 41.1 Å². The molecule has 4 aromatic carbocycles. The van der Waals surface area contributed by atoms with Gasteiger partial charge in [-0.25, -0.2) is 0 Å². The van der Waals surface area contributed by atoms with Gasteiger partial charge in [-0.05, 0) is 60.7 Å². The predicted molar refractivity (Wildman–Crippen MR) is 137 cm³/mol. The van der Waals surface area contributed by atoms with Crippen LogP contribution in [0.25, 0.3) is 0 Å². The van der Waals surface area contributed by atoms with Crippen molar-refractivity contribution in [3.63, 3.8) is 0 Å². The lowest BCUT2D eigenvalue weighted by molar-refractivity contribution is 0.0953. The van der Waals surface area contributed by atoms with Gasteiger partial charge in [0.15, 0.2) is 0 Å². The number of anilines is 2. The number of amides is 1. The van der Waals surface area contributed by atoms with Crippen molar-refractivity contribution in [2.45, 2.75) is 26.2 Å². The molecular formula is C30H30N2O. The van der Waals surface area contributed by atoms with Crippen LogP contribution in [0.4, 0.5) is 11.4 Å². The highest BCUT2D eigenvalue weighted by molar-refractivity contribution is 6.00. The second kappa shape index (κ2) is 10.6. The smallest absolute Gasteiger partial charge is 0.253 e. The largest absolute Gasteiger partial charge is 0.355 e. The summed E-state index contributed by atoms with van der Waals surface area (Å²) >= 11 is 0. The third-order valence-electron chi connectivity index (χ3n) is 6.17. The van der Waals surface area contributed by atoms with Gasteiger partial charge in [0.1, 0.15) is 0 Å². The predicted octanol–water partition coefficient (Wildman–Crippen LogP) is 7.00. The van der Waals surface area contributed by atoms with Gasteiger partial charge in [0.25, 0.3) is 5.91 Å². The summed E-state index contributed by atoms with van der Waals surface area (Å²) in [6.07, 6.45) is 0.826. The molecule has 0 atom stereocenters. The van der Waals surface area contributed by atoms with Crippen molar-refractivity contribution >= 4 is 17.3 Å². The van der Waals surface area contributed by atoms with Crippen LogP contribution in [-0.4, -0.2) is 12.5 Å². The Morgan fingerprint density at radius 3 is 1.94 bits per heavy atom. The van der Waals surface area contributed by atoms with Gasteiger partial charge in [0, 0.05) is 18.2 Å². The van der Waals surface area contributed by atoms with Crippen molar-refractivity contribution in [2.24, 2.45) is 0 Å². The summed E-state index contributed by atoms with van der Waals surface area (Å²) in [6, 6.07) is 34.8. The standard InChI is InChI=1S/C30H30N2O/c1-22-12-11-19-28(23(22)2)32-29-18-10-9-17-27(29)30(33)31-21-20-26(24-13-5-3-6-14-24)25-15-7-4-8-16-25/h3-19,26,32H,20-21H2,1-2H3,(H,31,33). The van der Waals surface area contributed by atoms with E-state index in [9.17, 15) is 4.79 Å². The molecule has 0 bridgehead atoms. The van der Waals surface area contributed by atoms with Crippen molar-refractivity contribution in [3.05, 3.63) is 131 Å². The van der Waals surface area contributed by atoms with Gasteiger partial charge in [0.05, 0.1) is 11.3 Å². The van der Waals surface area contributed by atoms with E-state index in [0.717, 1.165) is 17.8 Å². The van der Waals surface area contributed by atoms with Crippen LogP contribution in [0.2, 0.25) is 0 Å². The summed E-state index contributed by atoms with van der Waals surface area (Å²) < 4.78 is 0. The monoisotopic (exact) mass is 434 g/mol. The average molecular weight is 435 g/mol. The summed E-state index contributed by atoms with van der Waals surface area (Å²) in [5, 5.41) is 6.59. The molecular weight excluding hydrogens is 404 g/mol. The zero-order chi connectivity index (χ0) is 23.0. The molecule has 0 aliphatic heterocycles. The zero-order valence-electron chi connectivity index (χ0n) is 19.2. The van der Waals surface area contributed by atoms with E-state index < -0.39 is 0 Å². The van der Waals surface area contributed by atoms with Gasteiger partial charge in [-0.2, -0.15) is 0 Å². The van der Waals surface area contributed by atoms with Crippen LogP contribution in [0.3, 0.4) is 0 Å². The minimum atomic E-state index is -0.0664. The number of carbonyl (C=O) groups excluding carboxylic acids is 1. The van der Waals surface area contributed by atoms with Crippen LogP contribution in [-0.2, 0) is 0 Å². The van der Waals surface area contributed by atoms with E-state index in [-0.39, 0.29) is 11.8 Å². The summed E-state index contributed by atoms with van der Waals surface area (Å²) in [7, 11) is 0. The Morgan fingerprint density at radius 1 is 0.697 bits per heavy atom. The van der Waals surface area contributed by atoms with Crippen LogP contribution < -0.4 is 10.6 Å². The van der Waals surface area contributed by atoms with Crippen molar-refractivity contribution in [1.29, 1.82) is 0 Å². The molecule has 1 amide bonds. The Morgan fingerprint density at radius 2 is 1.27 bits per heavy atom. The van der Waals surface area contributed by atoms with Crippen molar-refractivity contribution in [1.82, 2.24) is 5.32 Å². The van der Waals surface area contributed by atoms with E-state index in [4.69, 9.17) is 0 Å². The van der Waals surface area contributed by atoms with Crippen LogP contribution in [0, 0.1) is 13.8 Å². The van der Waals surface area contributed by atoms with Crippen LogP contribution in [0.15, 0.2) is 103 Å². The number of nitrogens with one attached hydrogen (secondary N) is 2. The first kappa shape index (κ1) is 22.3. The quantitative estimate of drug-likeness (QED) is 0.313. The fraction of sp³-hybridized carbons (Fsp3) is 0.167. The Balaban J connectivity index is 1.47. The SMILES string of the molecule is Cc1cccc(Nc2ccccc2C(=O)NCCC(c2ccccc2)c2ccccc2)c1C. The number of rotatable bonds is 8. The summed E-state index contributed by atoms with van der Waals surface area (Å²) in [6.45, 7) is 4.77. The molecule has 0 saturated carbocycles. The van der Waals surface area contributed by atoms with Crippen molar-refractivity contribution < 1.29 is 4.79 Å². The fourth-order valence-electron chi connectivity index (χ4n) is 4.14. The first-order valence-electron chi connectivity index (χ1n) is 11.4. The number of para-hydroxylation sites is 1. The normalized spacial score (nSPS) is 10.8. The summed E-state index contributed by atoms with van der Waals surface area (Å²) in [4.78, 5) is 13.1. The maximum atomic E-state index is 13.1. The molecule has 4 rings (SSSR count). The second-order valence-corrected chi connectivity index (χ2v) is 8.34. The van der Waals surface area contributed by atoms with Crippen LogP contribution in [0.5, 0.6) is 0 Å². The highest BCUT2D eigenvalue weighted by atomic mass is 16.1. The lowest BCUT2D eigenvalue weighted by Gasteiger charge is -2.19. The van der Waals surface area contributed by atoms with Gasteiger partial charge in [0.2, 0.25) is 0 Å². The number of carbonyl (C=O) groups is 1. The molecule has 0 spiro atoms. The number of hydrogen-bond donors (Lipinski definition) is 2. The molecule has 0 saturated heterocycles. The first-order chi connectivity index (χ1) is 16.1. The third kappa shape index (κ3) is 5.50. The van der Waals surface area contributed by atoms with Crippen LogP contribution >= 0.6 is 0 Å². The molecule has 4 aromatic rings. The molecule has 2 N–H and O–H groups in total. The van der Waals surface area contributed by atoms with Crippen molar-refractivity contribution in [3.8, 4) is 0 Å². The van der Waals surface area contributed by atoms with Gasteiger partial charge >= 0.3 is 0 Å². The molecule has 0 aliphatic rings. The van der Waals surface area contributed by atoms with E-state index in [1.54, 1.807) is 0 Å². The highest BCUT2D eigenvalue weighted by Gasteiger charge is 2.16. The molecule has 0 aliphatic carbocycles.